The van der Waals surface area contributed by atoms with Gasteiger partial charge in [-0.3, -0.25) is 4.98 Å². The largest absolute Gasteiger partial charge is 0.357 e. The normalized spacial score (nSPS) is 22.7. The second kappa shape index (κ2) is 13.5. The molecule has 1 aliphatic heterocycles. The van der Waals surface area contributed by atoms with Gasteiger partial charge in [-0.1, -0.05) is 46.9 Å². The summed E-state index contributed by atoms with van der Waals surface area (Å²) in [6, 6.07) is 6.22. The molecule has 7 heteroatoms. The Balaban J connectivity index is 0.000000373. The van der Waals surface area contributed by atoms with Gasteiger partial charge in [-0.25, -0.2) is 14.5 Å². The van der Waals surface area contributed by atoms with Crippen LogP contribution in [0.2, 0.25) is 0 Å². The third-order valence-electron chi connectivity index (χ3n) is 8.92. The van der Waals surface area contributed by atoms with Gasteiger partial charge < -0.3 is 4.90 Å². The van der Waals surface area contributed by atoms with Gasteiger partial charge in [0.05, 0.1) is 10.7 Å². The van der Waals surface area contributed by atoms with Gasteiger partial charge in [0.1, 0.15) is 5.82 Å². The number of halogens is 1. The number of hydrogen-bond donors (Lipinski definition) is 0. The predicted octanol–water partition coefficient (Wildman–Crippen LogP) is 8.57. The van der Waals surface area contributed by atoms with Crippen LogP contribution < -0.4 is 0 Å². The van der Waals surface area contributed by atoms with Crippen LogP contribution in [0.3, 0.4) is 0 Å². The molecule has 4 heterocycles. The summed E-state index contributed by atoms with van der Waals surface area (Å²) >= 11 is 3.58. The zero-order valence-corrected chi connectivity index (χ0v) is 26.1. The maximum absolute atomic E-state index is 4.96. The van der Waals surface area contributed by atoms with Crippen molar-refractivity contribution >= 4 is 27.3 Å². The lowest BCUT2D eigenvalue weighted by Crippen LogP contribution is -2.32. The van der Waals surface area contributed by atoms with Crippen molar-refractivity contribution in [1.82, 2.24) is 24.5 Å². The van der Waals surface area contributed by atoms with Gasteiger partial charge in [-0.2, -0.15) is 5.10 Å². The van der Waals surface area contributed by atoms with E-state index < -0.39 is 0 Å². The summed E-state index contributed by atoms with van der Waals surface area (Å²) in [6.07, 6.45) is 18.3. The molecule has 0 spiro atoms. The summed E-state index contributed by atoms with van der Waals surface area (Å²) in [5, 5.41) is 4.39. The Hall–Kier alpha value is -2.80. The molecule has 3 aromatic heterocycles. The highest BCUT2D eigenvalue weighted by Crippen LogP contribution is 2.55. The summed E-state index contributed by atoms with van der Waals surface area (Å²) in [6.45, 7) is 15.3. The Morgan fingerprint density at radius 2 is 1.98 bits per heavy atom. The standard InChI is InChI=1S/C26H34BrN5.C7H9N.CH4/c1-17-12-24(30-25-23(27)16-28-32(17)25)20-8-10-31(11-9-20)18(2)29-22-7-5-6-19(14-22)13-21-15-26(21,3)4;1-2-7-4-3-5-8-6-7;/h5,7,12,16,19-21H,2,6,8-11,13-15H2,1,3-4H3;3-6H,2H2,1H3;1H4/b29-22-;;. The molecule has 2 atom stereocenters. The number of aryl methyl sites for hydroxylation is 2. The molecule has 2 aliphatic carbocycles. The molecule has 220 valence electrons. The third-order valence-corrected chi connectivity index (χ3v) is 9.48. The van der Waals surface area contributed by atoms with E-state index in [1.165, 1.54) is 36.2 Å². The number of nitrogens with zero attached hydrogens (tertiary/aromatic N) is 6. The number of hydrogen-bond acceptors (Lipinski definition) is 5. The molecule has 0 bridgehead atoms. The van der Waals surface area contributed by atoms with Crippen LogP contribution in [0, 0.1) is 24.2 Å². The average molecular weight is 620 g/mol. The maximum atomic E-state index is 4.96. The summed E-state index contributed by atoms with van der Waals surface area (Å²) in [5.41, 5.74) is 6.29. The molecule has 3 aliphatic rings. The van der Waals surface area contributed by atoms with Crippen molar-refractivity contribution in [3.63, 3.8) is 0 Å². The number of likely N-dealkylation sites (tertiary alicyclic amines) is 1. The summed E-state index contributed by atoms with van der Waals surface area (Å²) in [7, 11) is 0. The van der Waals surface area contributed by atoms with E-state index in [0.717, 1.165) is 72.2 Å². The minimum Gasteiger partial charge on any atom is -0.357 e. The lowest BCUT2D eigenvalue weighted by Gasteiger charge is -2.33. The highest BCUT2D eigenvalue weighted by molar-refractivity contribution is 9.10. The van der Waals surface area contributed by atoms with Crippen molar-refractivity contribution in [3.05, 3.63) is 82.8 Å². The minimum atomic E-state index is 0. The second-order valence-electron chi connectivity index (χ2n) is 12.4. The molecule has 6 nitrogen and oxygen atoms in total. The lowest BCUT2D eigenvalue weighted by molar-refractivity contribution is 0.260. The molecule has 6 rings (SSSR count). The Morgan fingerprint density at radius 3 is 2.61 bits per heavy atom. The van der Waals surface area contributed by atoms with Gasteiger partial charge in [0.25, 0.3) is 0 Å². The quantitative estimate of drug-likeness (QED) is 0.277. The fourth-order valence-corrected chi connectivity index (χ4v) is 6.43. The molecule has 2 fully saturated rings. The van der Waals surface area contributed by atoms with E-state index in [2.05, 4.69) is 89.5 Å². The number of piperidine rings is 1. The summed E-state index contributed by atoms with van der Waals surface area (Å²) < 4.78 is 2.85. The van der Waals surface area contributed by atoms with Crippen molar-refractivity contribution in [2.45, 2.75) is 86.0 Å². The number of aromatic nitrogens is 4. The SMILES string of the molecule is C.C=C(/N=C1/C=CCC(CC2CC2(C)C)C1)N1CCC(c2cc(C)n3ncc(Br)c3n2)CC1.CCc1cccnc1. The zero-order chi connectivity index (χ0) is 28.3. The van der Waals surface area contributed by atoms with E-state index in [9.17, 15) is 0 Å². The third kappa shape index (κ3) is 7.73. The number of pyridine rings is 1. The monoisotopic (exact) mass is 618 g/mol. The smallest absolute Gasteiger partial charge is 0.169 e. The van der Waals surface area contributed by atoms with Crippen LogP contribution >= 0.6 is 15.9 Å². The lowest BCUT2D eigenvalue weighted by atomic mass is 9.87. The van der Waals surface area contributed by atoms with Gasteiger partial charge in [0.2, 0.25) is 0 Å². The average Bonchev–Trinajstić information content (AvgIpc) is 3.38. The zero-order valence-electron chi connectivity index (χ0n) is 24.5. The van der Waals surface area contributed by atoms with Crippen LogP contribution in [0.4, 0.5) is 0 Å². The maximum Gasteiger partial charge on any atom is 0.169 e. The van der Waals surface area contributed by atoms with E-state index >= 15 is 0 Å². The van der Waals surface area contributed by atoms with E-state index in [-0.39, 0.29) is 7.43 Å². The van der Waals surface area contributed by atoms with Gasteiger partial charge in [-0.15, -0.1) is 0 Å². The van der Waals surface area contributed by atoms with Gasteiger partial charge in [-0.05, 0) is 109 Å². The molecule has 2 unspecified atom stereocenters. The molecule has 0 aromatic carbocycles. The molecule has 1 saturated carbocycles. The van der Waals surface area contributed by atoms with Crippen molar-refractivity contribution in [2.24, 2.45) is 22.2 Å². The van der Waals surface area contributed by atoms with E-state index in [0.29, 0.717) is 11.3 Å². The summed E-state index contributed by atoms with van der Waals surface area (Å²) in [5.74, 6) is 3.05. The van der Waals surface area contributed by atoms with Crippen LogP contribution in [0.15, 0.2) is 70.8 Å². The van der Waals surface area contributed by atoms with Gasteiger partial charge in [0.15, 0.2) is 5.65 Å². The van der Waals surface area contributed by atoms with E-state index in [4.69, 9.17) is 9.98 Å². The van der Waals surface area contributed by atoms with Crippen LogP contribution in [-0.4, -0.2) is 43.3 Å². The van der Waals surface area contributed by atoms with Gasteiger partial charge >= 0.3 is 0 Å². The van der Waals surface area contributed by atoms with Crippen molar-refractivity contribution in [2.75, 3.05) is 13.1 Å². The molecule has 0 amide bonds. The molecule has 0 N–H and O–H groups in total. The Labute approximate surface area is 255 Å². The van der Waals surface area contributed by atoms with Crippen molar-refractivity contribution < 1.29 is 0 Å². The van der Waals surface area contributed by atoms with E-state index in [1.807, 2.05) is 23.0 Å². The molecule has 41 heavy (non-hydrogen) atoms. The molecule has 1 saturated heterocycles. The summed E-state index contributed by atoms with van der Waals surface area (Å²) in [4.78, 5) is 16.2. The number of aliphatic imine (C=N–C) groups is 1. The number of allylic oxidation sites excluding steroid dienone is 2. The van der Waals surface area contributed by atoms with E-state index in [1.54, 1.807) is 6.20 Å². The first-order valence-corrected chi connectivity index (χ1v) is 15.6. The van der Waals surface area contributed by atoms with Crippen LogP contribution in [0.1, 0.15) is 89.6 Å². The fourth-order valence-electron chi connectivity index (χ4n) is 6.08. The highest BCUT2D eigenvalue weighted by atomic mass is 79.9. The first-order chi connectivity index (χ1) is 19.2. The highest BCUT2D eigenvalue weighted by Gasteiger charge is 2.46. The minimum absolute atomic E-state index is 0. The van der Waals surface area contributed by atoms with Crippen LogP contribution in [0.25, 0.3) is 5.65 Å². The van der Waals surface area contributed by atoms with Crippen LogP contribution in [-0.2, 0) is 6.42 Å². The fraction of sp³-hybridized carbons (Fsp3) is 0.529. The Morgan fingerprint density at radius 1 is 1.22 bits per heavy atom. The first kappa shape index (κ1) is 31.1. The van der Waals surface area contributed by atoms with Crippen molar-refractivity contribution in [3.8, 4) is 0 Å². The van der Waals surface area contributed by atoms with Gasteiger partial charge in [0, 0.05) is 48.5 Å². The second-order valence-corrected chi connectivity index (χ2v) is 13.2. The number of fused-ring (bicyclic) bond motifs is 1. The first-order valence-electron chi connectivity index (χ1n) is 14.8. The number of rotatable bonds is 6. The Bertz CT molecular complexity index is 1380. The molecular formula is C34H47BrN6. The Kier molecular flexibility index (Phi) is 10.2. The molecular weight excluding hydrogens is 572 g/mol. The topological polar surface area (TPSA) is 58.7 Å². The molecule has 3 aromatic rings. The predicted molar refractivity (Wildman–Crippen MR) is 174 cm³/mol. The van der Waals surface area contributed by atoms with Crippen LogP contribution in [0.5, 0.6) is 0 Å². The molecule has 0 radical (unpaired) electrons. The van der Waals surface area contributed by atoms with Crippen molar-refractivity contribution in [1.29, 1.82) is 0 Å².